The minimum Gasteiger partial charge on any atom is -0.348 e. The van der Waals surface area contributed by atoms with Gasteiger partial charge >= 0.3 is 0 Å². The molecule has 3 nitrogen and oxygen atoms in total. The van der Waals surface area contributed by atoms with E-state index in [4.69, 9.17) is 0 Å². The van der Waals surface area contributed by atoms with Crippen molar-refractivity contribution in [2.24, 2.45) is 11.8 Å². The number of fused-ring (bicyclic) bond motifs is 5. The fraction of sp³-hybridized carbons (Fsp3) is 0.926. The molecule has 0 aromatic rings. The van der Waals surface area contributed by atoms with Gasteiger partial charge in [0.25, 0.3) is 0 Å². The summed E-state index contributed by atoms with van der Waals surface area (Å²) in [5, 5.41) is 0. The molecule has 186 valence electrons. The van der Waals surface area contributed by atoms with Gasteiger partial charge in [0.05, 0.1) is 0 Å². The first-order valence-electron chi connectivity index (χ1n) is 14.3. The summed E-state index contributed by atoms with van der Waals surface area (Å²) >= 11 is 0. The molecule has 1 saturated heterocycles. The van der Waals surface area contributed by atoms with E-state index in [-0.39, 0.29) is 0 Å². The van der Waals surface area contributed by atoms with Gasteiger partial charge in [0.2, 0.25) is 13.5 Å². The van der Waals surface area contributed by atoms with Crippen LogP contribution >= 0.6 is 0 Å². The van der Waals surface area contributed by atoms with Gasteiger partial charge in [-0.15, -0.1) is 0 Å². The molecule has 1 heterocycles. The lowest BCUT2D eigenvalue weighted by atomic mass is 9.01. The summed E-state index contributed by atoms with van der Waals surface area (Å²) in [6, 6.07) is 3.39. The fourth-order valence-electron chi connectivity index (χ4n) is 9.21. The molecule has 3 fully saturated rings. The average Bonchev–Trinajstić information content (AvgIpc) is 3.32. The second kappa shape index (κ2) is 10.4. The van der Waals surface area contributed by atoms with Crippen LogP contribution in [0.1, 0.15) is 103 Å². The van der Waals surface area contributed by atoms with Crippen LogP contribution in [0.2, 0.25) is 11.6 Å². The molecular formula is C27H54B3N3. The van der Waals surface area contributed by atoms with E-state index in [2.05, 4.69) is 111 Å². The summed E-state index contributed by atoms with van der Waals surface area (Å²) < 4.78 is 0. The Morgan fingerprint density at radius 1 is 0.636 bits per heavy atom. The Balaban J connectivity index is 2.26. The number of hydrogen-bond acceptors (Lipinski definition) is 3. The maximum atomic E-state index is 2.94. The molecule has 2 aliphatic carbocycles. The van der Waals surface area contributed by atoms with Crippen molar-refractivity contribution in [2.75, 3.05) is 0 Å². The smallest absolute Gasteiger partial charge is 0.205 e. The zero-order valence-corrected chi connectivity index (χ0v) is 24.3. The summed E-state index contributed by atoms with van der Waals surface area (Å²) in [5.41, 5.74) is 1.78. The molecule has 2 bridgehead atoms. The van der Waals surface area contributed by atoms with E-state index in [1.54, 1.807) is 5.57 Å². The topological polar surface area (TPSA) is 9.72 Å². The molecule has 6 heteroatoms. The molecule has 3 aliphatic rings. The van der Waals surface area contributed by atoms with Crippen molar-refractivity contribution in [3.05, 3.63) is 11.6 Å². The van der Waals surface area contributed by atoms with Crippen LogP contribution in [0.5, 0.6) is 0 Å². The molecule has 4 atom stereocenters. The maximum absolute atomic E-state index is 2.94. The highest BCUT2D eigenvalue weighted by Gasteiger charge is 2.70. The zero-order valence-electron chi connectivity index (χ0n) is 24.3. The molecule has 1 aliphatic heterocycles. The van der Waals surface area contributed by atoms with Gasteiger partial charge in [0.15, 0.2) is 6.63 Å². The highest BCUT2D eigenvalue weighted by atomic mass is 15.2. The van der Waals surface area contributed by atoms with Gasteiger partial charge in [0.1, 0.15) is 0 Å². The van der Waals surface area contributed by atoms with Crippen LogP contribution in [0.25, 0.3) is 0 Å². The molecule has 3 rings (SSSR count). The molecule has 0 N–H and O–H groups in total. The van der Waals surface area contributed by atoms with Crippen LogP contribution in [-0.4, -0.2) is 70.8 Å². The second-order valence-corrected chi connectivity index (χ2v) is 13.2. The van der Waals surface area contributed by atoms with Crippen molar-refractivity contribution in [2.45, 2.75) is 151 Å². The monoisotopic (exact) mass is 453 g/mol. The average molecular weight is 453 g/mol. The standard InChI is InChI=1S/C27H54B3N3/c1-14-23-15-24-16-25(23)27-26(24)28(31(17(2)3)18(4)5)30(33(21(10)11)22(12)13)29(27)32(19(6)7)20(8)9/h14,17-22,24-27H,15-16H2,1-13H3/b23-14+/t24-,25-,26+,27-/m1/s1. The van der Waals surface area contributed by atoms with Gasteiger partial charge in [-0.3, -0.25) is 0 Å². The van der Waals surface area contributed by atoms with Crippen LogP contribution in [0.4, 0.5) is 0 Å². The highest BCUT2D eigenvalue weighted by Crippen LogP contribution is 2.67. The summed E-state index contributed by atoms with van der Waals surface area (Å²) in [5.74, 6) is 3.27. The molecule has 0 spiro atoms. The Morgan fingerprint density at radius 3 is 1.39 bits per heavy atom. The first kappa shape index (κ1) is 27.4. The van der Waals surface area contributed by atoms with Gasteiger partial charge in [-0.1, -0.05) is 101 Å². The van der Waals surface area contributed by atoms with Crippen molar-refractivity contribution in [3.8, 4) is 0 Å². The van der Waals surface area contributed by atoms with E-state index in [0.29, 0.717) is 56.4 Å². The molecule has 2 saturated carbocycles. The molecule has 0 radical (unpaired) electrons. The van der Waals surface area contributed by atoms with Crippen LogP contribution in [-0.2, 0) is 0 Å². The van der Waals surface area contributed by atoms with Crippen molar-refractivity contribution in [1.82, 2.24) is 14.4 Å². The minimum atomic E-state index is 0.556. The molecule has 33 heavy (non-hydrogen) atoms. The molecule has 0 aromatic carbocycles. The van der Waals surface area contributed by atoms with Crippen LogP contribution < -0.4 is 0 Å². The quantitative estimate of drug-likeness (QED) is 0.304. The largest absolute Gasteiger partial charge is 0.348 e. The Hall–Kier alpha value is -0.185. The zero-order chi connectivity index (χ0) is 24.9. The van der Waals surface area contributed by atoms with Crippen LogP contribution in [0.3, 0.4) is 0 Å². The summed E-state index contributed by atoms with van der Waals surface area (Å²) in [4.78, 5) is 8.81. The second-order valence-electron chi connectivity index (χ2n) is 13.2. The van der Waals surface area contributed by atoms with Gasteiger partial charge in [0, 0.05) is 0 Å². The summed E-state index contributed by atoms with van der Waals surface area (Å²) in [6.07, 6.45) is 5.28. The normalized spacial score (nSPS) is 29.0. The van der Waals surface area contributed by atoms with Gasteiger partial charge in [-0.05, 0) is 73.7 Å². The lowest BCUT2D eigenvalue weighted by Gasteiger charge is -2.48. The predicted molar refractivity (Wildman–Crippen MR) is 151 cm³/mol. The number of rotatable bonds is 9. The molecular weight excluding hydrogens is 399 g/mol. The van der Waals surface area contributed by atoms with Gasteiger partial charge < -0.3 is 14.4 Å². The van der Waals surface area contributed by atoms with Crippen LogP contribution in [0, 0.1) is 11.8 Å². The van der Waals surface area contributed by atoms with E-state index in [1.807, 2.05) is 0 Å². The molecule has 0 aromatic heterocycles. The SMILES string of the molecule is C/C=C1\C[C@@H]2C[C@H]1[C@H]1B(N(C(C)C)C(C)C)B(N(C(C)C)C(C)C)B(N(C(C)C)C(C)C)[C@@H]21. The Labute approximate surface area is 208 Å². The van der Waals surface area contributed by atoms with E-state index < -0.39 is 0 Å². The Kier molecular flexibility index (Phi) is 8.66. The summed E-state index contributed by atoms with van der Waals surface area (Å²) in [7, 11) is 0. The molecule has 0 amide bonds. The lowest BCUT2D eigenvalue weighted by Crippen LogP contribution is -2.72. The van der Waals surface area contributed by atoms with Gasteiger partial charge in [-0.2, -0.15) is 0 Å². The van der Waals surface area contributed by atoms with Crippen molar-refractivity contribution in [1.29, 1.82) is 0 Å². The van der Waals surface area contributed by atoms with Crippen molar-refractivity contribution >= 4 is 20.1 Å². The Bertz CT molecular complexity index is 666. The first-order valence-corrected chi connectivity index (χ1v) is 14.3. The third kappa shape index (κ3) is 4.67. The van der Waals surface area contributed by atoms with Crippen molar-refractivity contribution in [3.63, 3.8) is 0 Å². The van der Waals surface area contributed by atoms with Gasteiger partial charge in [-0.25, -0.2) is 0 Å². The van der Waals surface area contributed by atoms with E-state index in [1.165, 1.54) is 12.8 Å². The minimum absolute atomic E-state index is 0.556. The number of allylic oxidation sites excluding steroid dienone is 2. The summed E-state index contributed by atoms with van der Waals surface area (Å²) in [6.45, 7) is 33.5. The van der Waals surface area contributed by atoms with Crippen LogP contribution in [0.15, 0.2) is 11.6 Å². The maximum Gasteiger partial charge on any atom is 0.205 e. The van der Waals surface area contributed by atoms with E-state index in [9.17, 15) is 0 Å². The predicted octanol–water partition coefficient (Wildman–Crippen LogP) is 6.21. The fourth-order valence-corrected chi connectivity index (χ4v) is 9.21. The molecule has 0 unspecified atom stereocenters. The number of nitrogens with zero attached hydrogens (tertiary/aromatic N) is 3. The van der Waals surface area contributed by atoms with Crippen molar-refractivity contribution < 1.29 is 0 Å². The third-order valence-corrected chi connectivity index (χ3v) is 9.45. The Morgan fingerprint density at radius 2 is 1.03 bits per heavy atom. The van der Waals surface area contributed by atoms with E-state index >= 15 is 0 Å². The third-order valence-electron chi connectivity index (χ3n) is 9.45. The lowest BCUT2D eigenvalue weighted by molar-refractivity contribution is 0.285. The highest BCUT2D eigenvalue weighted by molar-refractivity contribution is 7.51. The first-order chi connectivity index (χ1) is 15.3. The van der Waals surface area contributed by atoms with E-state index in [0.717, 1.165) is 23.5 Å². The number of hydrogen-bond donors (Lipinski definition) is 0.